The predicted molar refractivity (Wildman–Crippen MR) is 93.7 cm³/mol. The topological polar surface area (TPSA) is 115 Å². The van der Waals surface area contributed by atoms with Crippen LogP contribution in [0.1, 0.15) is 11.4 Å². The van der Waals surface area contributed by atoms with Crippen LogP contribution in [-0.2, 0) is 16.6 Å². The Kier molecular flexibility index (Phi) is 5.51. The van der Waals surface area contributed by atoms with Gasteiger partial charge >= 0.3 is 0 Å². The molecule has 0 amide bonds. The highest BCUT2D eigenvalue weighted by molar-refractivity contribution is 7.89. The molecule has 0 aliphatic carbocycles. The number of nitrogens with zero attached hydrogens (tertiary/aromatic N) is 6. The van der Waals surface area contributed by atoms with Gasteiger partial charge in [-0.15, -0.1) is 0 Å². The molecule has 0 bridgehead atoms. The molecule has 1 N–H and O–H groups in total. The van der Waals surface area contributed by atoms with Crippen molar-refractivity contribution in [1.29, 1.82) is 5.26 Å². The lowest BCUT2D eigenvalue weighted by Crippen LogP contribution is -2.26. The van der Waals surface area contributed by atoms with Gasteiger partial charge < -0.3 is 9.80 Å². The van der Waals surface area contributed by atoms with E-state index in [4.69, 9.17) is 5.26 Å². The second-order valence-corrected chi connectivity index (χ2v) is 7.37. The van der Waals surface area contributed by atoms with Gasteiger partial charge in [0, 0.05) is 28.2 Å². The van der Waals surface area contributed by atoms with E-state index in [9.17, 15) is 8.42 Å². The highest BCUT2D eigenvalue weighted by Crippen LogP contribution is 2.13. The van der Waals surface area contributed by atoms with Crippen LogP contribution in [0.3, 0.4) is 0 Å². The number of nitriles is 1. The van der Waals surface area contributed by atoms with Gasteiger partial charge in [-0.3, -0.25) is 0 Å². The summed E-state index contributed by atoms with van der Waals surface area (Å²) in [7, 11) is 3.43. The molecule has 0 radical (unpaired) electrons. The molecule has 0 saturated carbocycles. The number of benzene rings is 1. The maximum absolute atomic E-state index is 12.4. The Morgan fingerprint density at radius 2 is 1.52 bits per heavy atom. The average Bonchev–Trinajstić information content (AvgIpc) is 2.59. The number of anilines is 2. The first-order valence-electron chi connectivity index (χ1n) is 7.32. The van der Waals surface area contributed by atoms with Gasteiger partial charge in [-0.25, -0.2) is 13.1 Å². The summed E-state index contributed by atoms with van der Waals surface area (Å²) < 4.78 is 27.2. The van der Waals surface area contributed by atoms with Crippen molar-refractivity contribution in [3.63, 3.8) is 0 Å². The average molecular weight is 361 g/mol. The molecule has 2 rings (SSSR count). The maximum atomic E-state index is 12.4. The lowest BCUT2D eigenvalue weighted by atomic mass is 10.2. The van der Waals surface area contributed by atoms with E-state index in [1.54, 1.807) is 38.0 Å². The normalized spacial score (nSPS) is 11.0. The van der Waals surface area contributed by atoms with Gasteiger partial charge in [0.25, 0.3) is 0 Å². The van der Waals surface area contributed by atoms with E-state index in [0.29, 0.717) is 23.3 Å². The van der Waals surface area contributed by atoms with E-state index in [1.807, 2.05) is 6.07 Å². The van der Waals surface area contributed by atoms with E-state index in [-0.39, 0.29) is 11.4 Å². The summed E-state index contributed by atoms with van der Waals surface area (Å²) in [6.07, 6.45) is 0. The summed E-state index contributed by atoms with van der Waals surface area (Å²) in [4.78, 5) is 16.3. The molecule has 132 valence electrons. The third kappa shape index (κ3) is 4.62. The van der Waals surface area contributed by atoms with Gasteiger partial charge in [0.1, 0.15) is 0 Å². The maximum Gasteiger partial charge on any atom is 0.240 e. The van der Waals surface area contributed by atoms with E-state index < -0.39 is 10.0 Å². The molecule has 2 aromatic rings. The fourth-order valence-electron chi connectivity index (χ4n) is 1.83. The van der Waals surface area contributed by atoms with Crippen LogP contribution < -0.4 is 14.5 Å². The first kappa shape index (κ1) is 18.6. The fraction of sp³-hybridized carbons (Fsp3) is 0.333. The van der Waals surface area contributed by atoms with Crippen LogP contribution >= 0.6 is 0 Å². The molecule has 1 aromatic carbocycles. The monoisotopic (exact) mass is 361 g/mol. The molecule has 0 saturated heterocycles. The van der Waals surface area contributed by atoms with Gasteiger partial charge in [0.05, 0.1) is 23.1 Å². The van der Waals surface area contributed by atoms with E-state index >= 15 is 0 Å². The minimum Gasteiger partial charge on any atom is -0.347 e. The van der Waals surface area contributed by atoms with E-state index in [1.165, 1.54) is 24.3 Å². The second-order valence-electron chi connectivity index (χ2n) is 5.60. The number of aromatic nitrogens is 3. The molecular formula is C15H19N7O2S. The van der Waals surface area contributed by atoms with Crippen LogP contribution in [-0.4, -0.2) is 51.6 Å². The van der Waals surface area contributed by atoms with Crippen molar-refractivity contribution in [3.8, 4) is 6.07 Å². The highest BCUT2D eigenvalue weighted by atomic mass is 32.2. The number of nitrogens with one attached hydrogen (secondary N) is 1. The van der Waals surface area contributed by atoms with Crippen molar-refractivity contribution in [1.82, 2.24) is 19.7 Å². The molecule has 10 heteroatoms. The molecule has 0 spiro atoms. The van der Waals surface area contributed by atoms with Crippen molar-refractivity contribution >= 4 is 21.9 Å². The number of rotatable bonds is 6. The number of sulfonamides is 1. The minimum atomic E-state index is -3.74. The summed E-state index contributed by atoms with van der Waals surface area (Å²) in [5.74, 6) is 1.18. The molecule has 0 aliphatic heterocycles. The van der Waals surface area contributed by atoms with Crippen LogP contribution in [0.15, 0.2) is 29.2 Å². The summed E-state index contributed by atoms with van der Waals surface area (Å²) >= 11 is 0. The predicted octanol–water partition coefficient (Wildman–Crippen LogP) is 0.354. The Morgan fingerprint density at radius 1 is 1.00 bits per heavy atom. The van der Waals surface area contributed by atoms with Crippen molar-refractivity contribution in [3.05, 3.63) is 35.7 Å². The van der Waals surface area contributed by atoms with Crippen LogP contribution in [0.4, 0.5) is 11.9 Å². The SMILES string of the molecule is CN(C)c1nc(CNS(=O)(=O)c2ccc(C#N)cc2)nc(N(C)C)n1. The molecule has 0 fully saturated rings. The molecule has 25 heavy (non-hydrogen) atoms. The molecule has 0 atom stereocenters. The molecule has 1 aromatic heterocycles. The standard InChI is InChI=1S/C15H19N7O2S/c1-21(2)14-18-13(19-15(20-14)22(3)4)10-17-25(23,24)12-7-5-11(9-16)6-8-12/h5-8,17H,10H2,1-4H3. The molecule has 0 aliphatic rings. The Hall–Kier alpha value is -2.77. The molecule has 1 heterocycles. The zero-order valence-electron chi connectivity index (χ0n) is 14.4. The van der Waals surface area contributed by atoms with Crippen molar-refractivity contribution in [2.24, 2.45) is 0 Å². The summed E-state index contributed by atoms with van der Waals surface area (Å²) in [5.41, 5.74) is 0.391. The fourth-order valence-corrected chi connectivity index (χ4v) is 2.81. The number of hydrogen-bond donors (Lipinski definition) is 1. The van der Waals surface area contributed by atoms with Crippen molar-refractivity contribution in [2.75, 3.05) is 38.0 Å². The third-order valence-corrected chi connectivity index (χ3v) is 4.59. The third-order valence-electron chi connectivity index (χ3n) is 3.17. The lowest BCUT2D eigenvalue weighted by Gasteiger charge is -2.16. The molecule has 9 nitrogen and oxygen atoms in total. The Bertz CT molecular complexity index is 861. The number of hydrogen-bond acceptors (Lipinski definition) is 8. The lowest BCUT2D eigenvalue weighted by molar-refractivity contribution is 0.579. The van der Waals surface area contributed by atoms with Gasteiger partial charge in [-0.2, -0.15) is 20.2 Å². The second kappa shape index (κ2) is 7.42. The van der Waals surface area contributed by atoms with Crippen LogP contribution in [0, 0.1) is 11.3 Å². The van der Waals surface area contributed by atoms with Crippen molar-refractivity contribution < 1.29 is 8.42 Å². The summed E-state index contributed by atoms with van der Waals surface area (Å²) in [6, 6.07) is 7.61. The smallest absolute Gasteiger partial charge is 0.240 e. The van der Waals surface area contributed by atoms with Crippen molar-refractivity contribution in [2.45, 2.75) is 11.4 Å². The van der Waals surface area contributed by atoms with E-state index in [0.717, 1.165) is 0 Å². The van der Waals surface area contributed by atoms with Gasteiger partial charge in [0.15, 0.2) is 5.82 Å². The zero-order chi connectivity index (χ0) is 18.6. The van der Waals surface area contributed by atoms with Crippen LogP contribution in [0.2, 0.25) is 0 Å². The summed E-state index contributed by atoms with van der Waals surface area (Å²) in [5, 5.41) is 8.78. The highest BCUT2D eigenvalue weighted by Gasteiger charge is 2.16. The van der Waals surface area contributed by atoms with Gasteiger partial charge in [0.2, 0.25) is 21.9 Å². The Balaban J connectivity index is 2.23. The van der Waals surface area contributed by atoms with Crippen LogP contribution in [0.25, 0.3) is 0 Å². The molecule has 0 unspecified atom stereocenters. The van der Waals surface area contributed by atoms with Gasteiger partial charge in [-0.1, -0.05) is 0 Å². The minimum absolute atomic E-state index is 0.0706. The summed E-state index contributed by atoms with van der Waals surface area (Å²) in [6.45, 7) is -0.0769. The Labute approximate surface area is 147 Å². The van der Waals surface area contributed by atoms with E-state index in [2.05, 4.69) is 19.7 Å². The molecular weight excluding hydrogens is 342 g/mol. The Morgan fingerprint density at radius 3 is 1.96 bits per heavy atom. The first-order valence-corrected chi connectivity index (χ1v) is 8.80. The zero-order valence-corrected chi connectivity index (χ0v) is 15.2. The van der Waals surface area contributed by atoms with Crippen LogP contribution in [0.5, 0.6) is 0 Å². The quantitative estimate of drug-likeness (QED) is 0.784. The van der Waals surface area contributed by atoms with Gasteiger partial charge in [-0.05, 0) is 24.3 Å². The first-order chi connectivity index (χ1) is 11.7. The largest absolute Gasteiger partial charge is 0.347 e.